The smallest absolute Gasteiger partial charge is 0.271 e. The van der Waals surface area contributed by atoms with Gasteiger partial charge in [0, 0.05) is 12.0 Å². The molecule has 0 aromatic carbocycles. The highest BCUT2D eigenvalue weighted by Crippen LogP contribution is 2.43. The minimum Gasteiger partial charge on any atom is -0.473 e. The van der Waals surface area contributed by atoms with Gasteiger partial charge in [0.25, 0.3) is 11.8 Å². The molecule has 0 spiro atoms. The maximum Gasteiger partial charge on any atom is 0.271 e. The second-order valence-electron chi connectivity index (χ2n) is 6.78. The van der Waals surface area contributed by atoms with E-state index in [-0.39, 0.29) is 23.9 Å². The van der Waals surface area contributed by atoms with Crippen molar-refractivity contribution in [3.63, 3.8) is 0 Å². The van der Waals surface area contributed by atoms with E-state index in [2.05, 4.69) is 0 Å². The number of rotatable bonds is 0. The molecule has 2 amide bonds. The SMILES string of the molecule is O=C1C2CC3=COC=CC(O)C3N2C(=O)C2=CC3=COC=CC(O)C3N12. The molecule has 8 heteroatoms. The molecule has 5 unspecified atom stereocenters. The van der Waals surface area contributed by atoms with Gasteiger partial charge in [0.05, 0.1) is 43.2 Å². The van der Waals surface area contributed by atoms with Gasteiger partial charge in [0.15, 0.2) is 0 Å². The largest absolute Gasteiger partial charge is 0.473 e. The summed E-state index contributed by atoms with van der Waals surface area (Å²) in [6.45, 7) is 0. The van der Waals surface area contributed by atoms with Crippen molar-refractivity contribution in [2.45, 2.75) is 36.8 Å². The molecule has 2 N–H and O–H groups in total. The van der Waals surface area contributed by atoms with Crippen LogP contribution in [0, 0.1) is 0 Å². The van der Waals surface area contributed by atoms with Gasteiger partial charge in [-0.15, -0.1) is 0 Å². The van der Waals surface area contributed by atoms with Crippen LogP contribution in [-0.2, 0) is 19.1 Å². The number of aliphatic hydroxyl groups excluding tert-OH is 2. The zero-order chi connectivity index (χ0) is 18.0. The molecule has 0 aromatic rings. The van der Waals surface area contributed by atoms with Crippen LogP contribution in [0.5, 0.6) is 0 Å². The Morgan fingerprint density at radius 1 is 1.00 bits per heavy atom. The van der Waals surface area contributed by atoms with Gasteiger partial charge in [-0.2, -0.15) is 0 Å². The number of hydrogen-bond acceptors (Lipinski definition) is 6. The zero-order valence-electron chi connectivity index (χ0n) is 13.6. The Morgan fingerprint density at radius 2 is 1.69 bits per heavy atom. The number of carbonyl (C=O) groups excluding carboxylic acids is 2. The first kappa shape index (κ1) is 15.4. The van der Waals surface area contributed by atoms with Crippen molar-refractivity contribution in [1.82, 2.24) is 9.80 Å². The van der Waals surface area contributed by atoms with Crippen LogP contribution in [0.25, 0.3) is 0 Å². The van der Waals surface area contributed by atoms with Crippen LogP contribution in [0.1, 0.15) is 6.42 Å². The Kier molecular flexibility index (Phi) is 3.16. The molecule has 134 valence electrons. The molecule has 26 heavy (non-hydrogen) atoms. The summed E-state index contributed by atoms with van der Waals surface area (Å²) in [6.07, 6.45) is 8.44. The number of carbonyl (C=O) groups is 2. The Hall–Kier alpha value is -2.84. The van der Waals surface area contributed by atoms with Gasteiger partial charge in [-0.3, -0.25) is 14.5 Å². The fraction of sp³-hybridized carbons (Fsp3) is 0.333. The van der Waals surface area contributed by atoms with Crippen LogP contribution in [0.15, 0.2) is 60.1 Å². The quantitative estimate of drug-likeness (QED) is 0.615. The molecule has 2 saturated heterocycles. The normalized spacial score (nSPS) is 37.3. The first-order chi connectivity index (χ1) is 12.6. The standard InChI is InChI=1S/C18H16N2O6/c21-13-1-3-25-7-9-5-11-18(24)20-12(17(23)19(11)15(9)13)6-10-8-26-4-2-14(22)16(10)20/h1-5,7-8,12-16,21-22H,6H2. The average molecular weight is 356 g/mol. The van der Waals surface area contributed by atoms with E-state index < -0.39 is 30.3 Å². The topological polar surface area (TPSA) is 99.5 Å². The number of hydrogen-bond donors (Lipinski definition) is 2. The number of amides is 2. The zero-order valence-corrected chi connectivity index (χ0v) is 13.6. The number of ether oxygens (including phenoxy) is 2. The third-order valence-electron chi connectivity index (χ3n) is 5.38. The lowest BCUT2D eigenvalue weighted by atomic mass is 10.0. The lowest BCUT2D eigenvalue weighted by Crippen LogP contribution is -2.61. The van der Waals surface area contributed by atoms with E-state index in [1.165, 1.54) is 47.0 Å². The van der Waals surface area contributed by atoms with Crippen molar-refractivity contribution in [3.8, 4) is 0 Å². The van der Waals surface area contributed by atoms with Gasteiger partial charge in [-0.05, 0) is 23.8 Å². The van der Waals surface area contributed by atoms with Crippen LogP contribution in [-0.4, -0.2) is 62.2 Å². The Morgan fingerprint density at radius 3 is 2.46 bits per heavy atom. The maximum absolute atomic E-state index is 13.2. The molecule has 5 atom stereocenters. The monoisotopic (exact) mass is 356 g/mol. The third-order valence-corrected chi connectivity index (χ3v) is 5.38. The highest BCUT2D eigenvalue weighted by Gasteiger charge is 2.57. The predicted octanol–water partition coefficient (Wildman–Crippen LogP) is -0.358. The summed E-state index contributed by atoms with van der Waals surface area (Å²) in [6, 6.07) is -2.07. The molecular weight excluding hydrogens is 340 g/mol. The van der Waals surface area contributed by atoms with Gasteiger partial charge >= 0.3 is 0 Å². The van der Waals surface area contributed by atoms with E-state index in [4.69, 9.17) is 9.47 Å². The lowest BCUT2D eigenvalue weighted by molar-refractivity contribution is -0.153. The molecule has 5 aliphatic heterocycles. The molecule has 0 aromatic heterocycles. The molecule has 0 bridgehead atoms. The number of fused-ring (bicyclic) bond motifs is 6. The van der Waals surface area contributed by atoms with Crippen molar-refractivity contribution < 1.29 is 29.3 Å². The Labute approximate surface area is 148 Å². The minimum absolute atomic E-state index is 0.183. The molecule has 5 aliphatic rings. The van der Waals surface area contributed by atoms with Crippen LogP contribution >= 0.6 is 0 Å². The second kappa shape index (κ2) is 5.33. The highest BCUT2D eigenvalue weighted by atomic mass is 16.5. The highest BCUT2D eigenvalue weighted by molar-refractivity contribution is 6.07. The summed E-state index contributed by atoms with van der Waals surface area (Å²) >= 11 is 0. The van der Waals surface area contributed by atoms with E-state index in [0.29, 0.717) is 11.1 Å². The molecule has 0 saturated carbocycles. The van der Waals surface area contributed by atoms with Crippen LogP contribution < -0.4 is 0 Å². The van der Waals surface area contributed by atoms with Gasteiger partial charge < -0.3 is 24.6 Å². The summed E-state index contributed by atoms with van der Waals surface area (Å²) in [7, 11) is 0. The molecular formula is C18H16N2O6. The minimum atomic E-state index is -0.983. The molecule has 8 nitrogen and oxygen atoms in total. The van der Waals surface area contributed by atoms with Crippen molar-refractivity contribution in [1.29, 1.82) is 0 Å². The molecule has 0 radical (unpaired) electrons. The van der Waals surface area contributed by atoms with Crippen molar-refractivity contribution in [2.75, 3.05) is 0 Å². The fourth-order valence-electron chi connectivity index (χ4n) is 4.28. The summed E-state index contributed by atoms with van der Waals surface area (Å²) in [5.74, 6) is -0.647. The number of piperazine rings is 1. The first-order valence-electron chi connectivity index (χ1n) is 8.35. The van der Waals surface area contributed by atoms with E-state index in [0.717, 1.165) is 0 Å². The molecule has 5 heterocycles. The van der Waals surface area contributed by atoms with E-state index in [1.54, 1.807) is 6.08 Å². The van der Waals surface area contributed by atoms with Crippen LogP contribution in [0.2, 0.25) is 0 Å². The fourth-order valence-corrected chi connectivity index (χ4v) is 4.28. The first-order valence-corrected chi connectivity index (χ1v) is 8.35. The summed E-state index contributed by atoms with van der Waals surface area (Å²) in [5.41, 5.74) is 1.43. The summed E-state index contributed by atoms with van der Waals surface area (Å²) < 4.78 is 10.4. The maximum atomic E-state index is 13.2. The van der Waals surface area contributed by atoms with Gasteiger partial charge in [0.2, 0.25) is 0 Å². The number of nitrogens with zero attached hydrogens (tertiary/aromatic N) is 2. The lowest BCUT2D eigenvalue weighted by Gasteiger charge is -2.41. The van der Waals surface area contributed by atoms with Gasteiger partial charge in [0.1, 0.15) is 17.8 Å². The van der Waals surface area contributed by atoms with Crippen LogP contribution in [0.4, 0.5) is 0 Å². The van der Waals surface area contributed by atoms with E-state index >= 15 is 0 Å². The second-order valence-corrected chi connectivity index (χ2v) is 6.78. The summed E-state index contributed by atoms with van der Waals surface area (Å²) in [4.78, 5) is 29.2. The Bertz CT molecular complexity index is 854. The molecule has 5 rings (SSSR count). The number of aliphatic hydroxyl groups is 2. The molecule has 0 aliphatic carbocycles. The summed E-state index contributed by atoms with van der Waals surface area (Å²) in [5, 5.41) is 20.8. The van der Waals surface area contributed by atoms with E-state index in [1.807, 2.05) is 0 Å². The van der Waals surface area contributed by atoms with Crippen molar-refractivity contribution >= 4 is 11.8 Å². The van der Waals surface area contributed by atoms with Crippen molar-refractivity contribution in [3.05, 3.63) is 60.1 Å². The third kappa shape index (κ3) is 1.91. The van der Waals surface area contributed by atoms with Gasteiger partial charge in [-0.1, -0.05) is 0 Å². The van der Waals surface area contributed by atoms with Gasteiger partial charge in [-0.25, -0.2) is 0 Å². The van der Waals surface area contributed by atoms with E-state index in [9.17, 15) is 19.8 Å². The predicted molar refractivity (Wildman–Crippen MR) is 86.4 cm³/mol. The Balaban J connectivity index is 1.59. The average Bonchev–Trinajstić information content (AvgIpc) is 3.08. The van der Waals surface area contributed by atoms with Crippen LogP contribution in [0.3, 0.4) is 0 Å². The molecule has 2 fully saturated rings. The van der Waals surface area contributed by atoms with Crippen molar-refractivity contribution in [2.24, 2.45) is 0 Å².